The predicted molar refractivity (Wildman–Crippen MR) is 159 cm³/mol. The molecule has 1 rings (SSSR count). The number of amides is 1. The van der Waals surface area contributed by atoms with Gasteiger partial charge in [0.1, 0.15) is 6.10 Å². The number of hydrogen-bond acceptors (Lipinski definition) is 5. The summed E-state index contributed by atoms with van der Waals surface area (Å²) in [6.07, 6.45) is 5.31. The van der Waals surface area contributed by atoms with E-state index in [1.165, 1.54) is 12.6 Å². The average molecular weight is 550 g/mol. The molecular weight excluding hydrogens is 500 g/mol. The molecule has 2 unspecified atom stereocenters. The molecule has 0 aliphatic carbocycles. The van der Waals surface area contributed by atoms with Crippen LogP contribution in [0.2, 0.25) is 0 Å². The molecule has 1 amide bonds. The quantitative estimate of drug-likeness (QED) is 0.184. The highest BCUT2D eigenvalue weighted by Crippen LogP contribution is 2.31. The number of likely N-dealkylation sites (N-methyl/N-ethyl adjacent to an activating group) is 1. The van der Waals surface area contributed by atoms with Crippen molar-refractivity contribution in [3.8, 4) is 0 Å². The molecule has 1 aliphatic rings. The highest BCUT2D eigenvalue weighted by atomic mass is 19.3. The summed E-state index contributed by atoms with van der Waals surface area (Å²) in [5, 5.41) is 9.31. The van der Waals surface area contributed by atoms with Crippen LogP contribution in [0.5, 0.6) is 0 Å². The summed E-state index contributed by atoms with van der Waals surface area (Å²) < 4.78 is 34.3. The van der Waals surface area contributed by atoms with E-state index in [0.717, 1.165) is 33.9 Å². The lowest BCUT2D eigenvalue weighted by atomic mass is 10.0. The van der Waals surface area contributed by atoms with Gasteiger partial charge in [-0.2, -0.15) is 0 Å². The van der Waals surface area contributed by atoms with Crippen LogP contribution in [0.3, 0.4) is 0 Å². The van der Waals surface area contributed by atoms with E-state index < -0.39 is 30.6 Å². The van der Waals surface area contributed by atoms with Crippen LogP contribution in [0.25, 0.3) is 0 Å². The van der Waals surface area contributed by atoms with E-state index in [9.17, 15) is 18.7 Å². The molecule has 0 aromatic rings. The lowest BCUT2D eigenvalue weighted by Crippen LogP contribution is -2.55. The van der Waals surface area contributed by atoms with Gasteiger partial charge in [-0.1, -0.05) is 30.9 Å². The molecule has 6 nitrogen and oxygen atoms in total. The van der Waals surface area contributed by atoms with E-state index in [-0.39, 0.29) is 13.0 Å². The summed E-state index contributed by atoms with van der Waals surface area (Å²) >= 11 is 0. The zero-order chi connectivity index (χ0) is 30.5. The molecule has 1 N–H and O–H groups in total. The Morgan fingerprint density at radius 1 is 1.21 bits per heavy atom. The number of hydrogen-bond donors (Lipinski definition) is 1. The van der Waals surface area contributed by atoms with Crippen LogP contribution in [0, 0.1) is 0 Å². The Balaban J connectivity index is 0.00000101. The fraction of sp³-hybridized carbons (Fsp3) is 0.548. The van der Waals surface area contributed by atoms with Crippen LogP contribution in [0.1, 0.15) is 68.7 Å². The van der Waals surface area contributed by atoms with Crippen molar-refractivity contribution in [3.63, 3.8) is 0 Å². The minimum absolute atomic E-state index is 0.00543. The predicted octanol–water partition coefficient (Wildman–Crippen LogP) is 6.83. The van der Waals surface area contributed by atoms with Gasteiger partial charge in [0.2, 0.25) is 0 Å². The summed E-state index contributed by atoms with van der Waals surface area (Å²) in [5.41, 5.74) is 5.60. The molecule has 0 aromatic carbocycles. The van der Waals surface area contributed by atoms with Crippen LogP contribution in [-0.4, -0.2) is 71.3 Å². The van der Waals surface area contributed by atoms with Crippen LogP contribution in [-0.2, 0) is 9.53 Å². The minimum Gasteiger partial charge on any atom is -0.489 e. The zero-order valence-corrected chi connectivity index (χ0v) is 25.6. The van der Waals surface area contributed by atoms with E-state index in [0.29, 0.717) is 11.5 Å². The average Bonchev–Trinajstić information content (AvgIpc) is 2.83. The van der Waals surface area contributed by atoms with Gasteiger partial charge in [0, 0.05) is 43.7 Å². The number of likely N-dealkylation sites (tertiary alicyclic amines) is 1. The number of carbonyl (C=O) groups is 1. The third-order valence-electron chi connectivity index (χ3n) is 6.19. The first-order chi connectivity index (χ1) is 18.0. The number of aliphatic imine (C=N–C) groups is 1. The van der Waals surface area contributed by atoms with Crippen molar-refractivity contribution in [2.24, 2.45) is 4.99 Å². The molecule has 1 saturated heterocycles. The van der Waals surface area contributed by atoms with Crippen molar-refractivity contribution in [2.45, 2.75) is 86.9 Å². The van der Waals surface area contributed by atoms with Gasteiger partial charge < -0.3 is 19.6 Å². The second-order valence-electron chi connectivity index (χ2n) is 9.99. The number of rotatable bonds is 10. The third-order valence-corrected chi connectivity index (χ3v) is 6.19. The van der Waals surface area contributed by atoms with Crippen LogP contribution in [0.4, 0.5) is 8.78 Å². The number of nitrogens with zero attached hydrogens (tertiary/aromatic N) is 3. The lowest BCUT2D eigenvalue weighted by molar-refractivity contribution is -0.174. The highest BCUT2D eigenvalue weighted by Gasteiger charge is 2.48. The normalized spacial score (nSPS) is 19.6. The summed E-state index contributed by atoms with van der Waals surface area (Å²) in [6, 6.07) is 0. The van der Waals surface area contributed by atoms with E-state index in [1.807, 2.05) is 40.7 Å². The molecule has 0 bridgehead atoms. The number of ether oxygens (including phenoxy) is 1. The van der Waals surface area contributed by atoms with Gasteiger partial charge in [0.05, 0.1) is 12.3 Å². The molecule has 8 heteroatoms. The lowest BCUT2D eigenvalue weighted by Gasteiger charge is -2.38. The van der Waals surface area contributed by atoms with Gasteiger partial charge in [-0.3, -0.25) is 9.79 Å². The number of alkyl halides is 2. The maximum atomic E-state index is 14.4. The van der Waals surface area contributed by atoms with Crippen molar-refractivity contribution in [2.75, 3.05) is 26.7 Å². The van der Waals surface area contributed by atoms with Crippen molar-refractivity contribution in [3.05, 3.63) is 71.3 Å². The minimum atomic E-state index is -3.19. The fourth-order valence-electron chi connectivity index (χ4n) is 3.70. The largest absolute Gasteiger partial charge is 0.489 e. The van der Waals surface area contributed by atoms with Gasteiger partial charge in [-0.15, -0.1) is 0 Å². The molecular formula is C31H49F2N3O3. The van der Waals surface area contributed by atoms with Gasteiger partial charge in [-0.25, -0.2) is 8.78 Å². The van der Waals surface area contributed by atoms with E-state index >= 15 is 0 Å². The third kappa shape index (κ3) is 13.1. The van der Waals surface area contributed by atoms with E-state index in [2.05, 4.69) is 49.2 Å². The molecule has 0 aromatic heterocycles. The first-order valence-electron chi connectivity index (χ1n) is 13.3. The molecule has 0 saturated carbocycles. The smallest absolute Gasteiger partial charge is 0.301 e. The van der Waals surface area contributed by atoms with Crippen molar-refractivity contribution in [1.29, 1.82) is 0 Å². The number of aliphatic hydroxyl groups is 1. The molecule has 0 spiro atoms. The van der Waals surface area contributed by atoms with E-state index in [4.69, 9.17) is 4.74 Å². The Labute approximate surface area is 234 Å². The molecule has 39 heavy (non-hydrogen) atoms. The summed E-state index contributed by atoms with van der Waals surface area (Å²) in [5.74, 6) is -3.51. The standard InChI is InChI=1S/C20H30F2N2O3.C11H19N/c1-12(2)23-16(6)15(5)13(3)10-14(4)27-18-8-9-24(11-20(18,21)22)19(26)17(7)25;1-6-11(12(5)7-2)9-8-10(3)4/h10,17-18,25H,1,8-9,11H2,2-7H3;6,8-9H,3,7H2,1-2,4-5H3/b14-10+,15-13+,23-16?;9-8-,11-6+. The van der Waals surface area contributed by atoms with Crippen molar-refractivity contribution < 1.29 is 23.4 Å². The summed E-state index contributed by atoms with van der Waals surface area (Å²) in [6.45, 7) is 24.4. The maximum absolute atomic E-state index is 14.4. The molecule has 0 radical (unpaired) electrons. The second-order valence-corrected chi connectivity index (χ2v) is 9.99. The molecule has 220 valence electrons. The Morgan fingerprint density at radius 2 is 1.79 bits per heavy atom. The summed E-state index contributed by atoms with van der Waals surface area (Å²) in [4.78, 5) is 19.2. The van der Waals surface area contributed by atoms with Crippen molar-refractivity contribution in [1.82, 2.24) is 9.80 Å². The number of allylic oxidation sites excluding steroid dienone is 9. The Hall–Kier alpha value is -3.00. The Bertz CT molecular complexity index is 1020. The molecule has 1 heterocycles. The number of aliphatic hydroxyl groups excluding tert-OH is 1. The van der Waals surface area contributed by atoms with Gasteiger partial charge in [-0.05, 0) is 85.6 Å². The fourth-order valence-corrected chi connectivity index (χ4v) is 3.70. The first kappa shape index (κ1) is 36.0. The number of piperidine rings is 1. The maximum Gasteiger partial charge on any atom is 0.301 e. The number of carbonyl (C=O) groups excluding carboxylic acids is 1. The SMILES string of the molecule is C=C(C)/C=C\C(=C/C)N(C)CC.C=C(C)N=C(C)/C(C)=C(C)/C=C(\C)OC1CCN(C(=O)C(C)O)CC1(F)F. The zero-order valence-electron chi connectivity index (χ0n) is 25.6. The molecule has 2 atom stereocenters. The Kier molecular flexibility index (Phi) is 15.6. The molecule has 1 aliphatic heterocycles. The highest BCUT2D eigenvalue weighted by molar-refractivity contribution is 5.99. The number of halogens is 2. The molecule has 1 fully saturated rings. The van der Waals surface area contributed by atoms with Gasteiger partial charge in [0.15, 0.2) is 6.10 Å². The van der Waals surface area contributed by atoms with E-state index in [1.54, 1.807) is 19.9 Å². The van der Waals surface area contributed by atoms with Crippen LogP contribution >= 0.6 is 0 Å². The van der Waals surface area contributed by atoms with Gasteiger partial charge >= 0.3 is 5.92 Å². The van der Waals surface area contributed by atoms with Crippen LogP contribution < -0.4 is 0 Å². The second kappa shape index (κ2) is 16.9. The monoisotopic (exact) mass is 549 g/mol. The first-order valence-corrected chi connectivity index (χ1v) is 13.3. The topological polar surface area (TPSA) is 65.4 Å². The summed E-state index contributed by atoms with van der Waals surface area (Å²) in [7, 11) is 2.08. The Morgan fingerprint density at radius 3 is 2.23 bits per heavy atom. The van der Waals surface area contributed by atoms with Gasteiger partial charge in [0.25, 0.3) is 5.91 Å². The van der Waals surface area contributed by atoms with Crippen molar-refractivity contribution >= 4 is 11.6 Å². The van der Waals surface area contributed by atoms with Crippen LogP contribution in [0.15, 0.2) is 76.3 Å².